The minimum absolute atomic E-state index is 0.541. The van der Waals surface area contributed by atoms with Gasteiger partial charge in [0.05, 0.1) is 5.02 Å². The summed E-state index contributed by atoms with van der Waals surface area (Å²) in [4.78, 5) is 4.02. The van der Waals surface area contributed by atoms with Crippen LogP contribution in [0.15, 0.2) is 18.5 Å². The monoisotopic (exact) mass is 198 g/mol. The van der Waals surface area contributed by atoms with Gasteiger partial charge in [-0.15, -0.1) is 0 Å². The fourth-order valence-corrected chi connectivity index (χ4v) is 1.19. The summed E-state index contributed by atoms with van der Waals surface area (Å²) < 4.78 is 0. The van der Waals surface area contributed by atoms with Crippen LogP contribution in [0.3, 0.4) is 0 Å². The summed E-state index contributed by atoms with van der Waals surface area (Å²) in [6.45, 7) is 5.16. The zero-order valence-electron chi connectivity index (χ0n) is 8.05. The Balaban J connectivity index is 2.45. The van der Waals surface area contributed by atoms with E-state index in [1.54, 1.807) is 6.20 Å². The SMILES string of the molecule is CCC(C)NCc1cncc(Cl)c1. The second kappa shape index (κ2) is 5.20. The first-order valence-electron chi connectivity index (χ1n) is 4.55. The Morgan fingerprint density at radius 2 is 2.31 bits per heavy atom. The van der Waals surface area contributed by atoms with Gasteiger partial charge in [-0.3, -0.25) is 4.98 Å². The molecule has 0 aliphatic carbocycles. The van der Waals surface area contributed by atoms with Gasteiger partial charge < -0.3 is 5.32 Å². The fourth-order valence-electron chi connectivity index (χ4n) is 0.989. The average molecular weight is 199 g/mol. The predicted octanol–water partition coefficient (Wildman–Crippen LogP) is 2.62. The number of hydrogen-bond donors (Lipinski definition) is 1. The number of nitrogens with one attached hydrogen (secondary N) is 1. The Hall–Kier alpha value is -0.600. The van der Waals surface area contributed by atoms with Crippen LogP contribution in [0.25, 0.3) is 0 Å². The zero-order chi connectivity index (χ0) is 9.68. The van der Waals surface area contributed by atoms with Gasteiger partial charge >= 0.3 is 0 Å². The molecule has 0 aliphatic heterocycles. The van der Waals surface area contributed by atoms with E-state index in [4.69, 9.17) is 11.6 Å². The van der Waals surface area contributed by atoms with Crippen LogP contribution in [-0.2, 0) is 6.54 Å². The van der Waals surface area contributed by atoms with Crippen molar-refractivity contribution in [2.75, 3.05) is 0 Å². The van der Waals surface area contributed by atoms with Crippen molar-refractivity contribution in [2.45, 2.75) is 32.9 Å². The lowest BCUT2D eigenvalue weighted by Crippen LogP contribution is -2.24. The van der Waals surface area contributed by atoms with Gasteiger partial charge in [0.1, 0.15) is 0 Å². The van der Waals surface area contributed by atoms with E-state index in [0.717, 1.165) is 18.5 Å². The lowest BCUT2D eigenvalue weighted by molar-refractivity contribution is 0.533. The molecule has 3 heteroatoms. The Kier molecular flexibility index (Phi) is 4.19. The maximum absolute atomic E-state index is 5.80. The Morgan fingerprint density at radius 3 is 2.92 bits per heavy atom. The summed E-state index contributed by atoms with van der Waals surface area (Å²) in [6.07, 6.45) is 4.61. The molecule has 0 bridgehead atoms. The molecule has 0 fully saturated rings. The van der Waals surface area contributed by atoms with Crippen molar-refractivity contribution in [3.63, 3.8) is 0 Å². The molecule has 1 aromatic rings. The molecule has 0 saturated heterocycles. The van der Waals surface area contributed by atoms with Crippen molar-refractivity contribution < 1.29 is 0 Å². The lowest BCUT2D eigenvalue weighted by Gasteiger charge is -2.10. The highest BCUT2D eigenvalue weighted by molar-refractivity contribution is 6.30. The van der Waals surface area contributed by atoms with Crippen LogP contribution >= 0.6 is 11.6 Å². The smallest absolute Gasteiger partial charge is 0.0592 e. The van der Waals surface area contributed by atoms with E-state index >= 15 is 0 Å². The number of hydrogen-bond acceptors (Lipinski definition) is 2. The van der Waals surface area contributed by atoms with Crippen LogP contribution in [0, 0.1) is 0 Å². The summed E-state index contributed by atoms with van der Waals surface area (Å²) in [6, 6.07) is 2.48. The van der Waals surface area contributed by atoms with Crippen LogP contribution in [0.4, 0.5) is 0 Å². The molecule has 1 atom stereocenters. The lowest BCUT2D eigenvalue weighted by atomic mass is 10.2. The molecule has 1 heterocycles. The Morgan fingerprint density at radius 1 is 1.54 bits per heavy atom. The molecule has 1 rings (SSSR count). The highest BCUT2D eigenvalue weighted by atomic mass is 35.5. The van der Waals surface area contributed by atoms with Gasteiger partial charge in [-0.05, 0) is 25.0 Å². The molecule has 0 aliphatic rings. The second-order valence-electron chi connectivity index (χ2n) is 3.20. The van der Waals surface area contributed by atoms with Crippen LogP contribution in [0.1, 0.15) is 25.8 Å². The molecule has 0 amide bonds. The van der Waals surface area contributed by atoms with Crippen molar-refractivity contribution in [1.82, 2.24) is 10.3 Å². The molecular formula is C10H15ClN2. The van der Waals surface area contributed by atoms with Gasteiger partial charge in [-0.25, -0.2) is 0 Å². The maximum Gasteiger partial charge on any atom is 0.0592 e. The fraction of sp³-hybridized carbons (Fsp3) is 0.500. The van der Waals surface area contributed by atoms with Crippen molar-refractivity contribution in [3.8, 4) is 0 Å². The van der Waals surface area contributed by atoms with E-state index in [-0.39, 0.29) is 0 Å². The van der Waals surface area contributed by atoms with Gasteiger partial charge in [0.25, 0.3) is 0 Å². The van der Waals surface area contributed by atoms with Crippen molar-refractivity contribution in [2.24, 2.45) is 0 Å². The third-order valence-electron chi connectivity index (χ3n) is 2.03. The van der Waals surface area contributed by atoms with Crippen molar-refractivity contribution >= 4 is 11.6 Å². The van der Waals surface area contributed by atoms with Crippen LogP contribution in [-0.4, -0.2) is 11.0 Å². The molecule has 0 aromatic carbocycles. The third-order valence-corrected chi connectivity index (χ3v) is 2.24. The second-order valence-corrected chi connectivity index (χ2v) is 3.64. The Labute approximate surface area is 84.3 Å². The predicted molar refractivity (Wildman–Crippen MR) is 55.8 cm³/mol. The molecule has 0 saturated carbocycles. The summed E-state index contributed by atoms with van der Waals surface area (Å²) in [5.41, 5.74) is 1.13. The number of nitrogens with zero attached hydrogens (tertiary/aromatic N) is 1. The van der Waals surface area contributed by atoms with E-state index in [2.05, 4.69) is 24.1 Å². The number of rotatable bonds is 4. The molecule has 0 radical (unpaired) electrons. The summed E-state index contributed by atoms with van der Waals surface area (Å²) in [5.74, 6) is 0. The molecule has 1 aromatic heterocycles. The topological polar surface area (TPSA) is 24.9 Å². The van der Waals surface area contributed by atoms with Gasteiger partial charge in [0.15, 0.2) is 0 Å². The summed E-state index contributed by atoms with van der Waals surface area (Å²) in [7, 11) is 0. The molecule has 13 heavy (non-hydrogen) atoms. The summed E-state index contributed by atoms with van der Waals surface area (Å²) in [5, 5.41) is 4.07. The van der Waals surface area contributed by atoms with Crippen LogP contribution in [0.2, 0.25) is 5.02 Å². The molecule has 1 N–H and O–H groups in total. The highest BCUT2D eigenvalue weighted by Gasteiger charge is 1.98. The van der Waals surface area contributed by atoms with E-state index in [1.807, 2.05) is 12.3 Å². The van der Waals surface area contributed by atoms with Gasteiger partial charge in [0.2, 0.25) is 0 Å². The third kappa shape index (κ3) is 3.75. The first kappa shape index (κ1) is 10.5. The van der Waals surface area contributed by atoms with E-state index in [9.17, 15) is 0 Å². The van der Waals surface area contributed by atoms with Crippen molar-refractivity contribution in [1.29, 1.82) is 0 Å². The first-order valence-corrected chi connectivity index (χ1v) is 4.93. The highest BCUT2D eigenvalue weighted by Crippen LogP contribution is 2.08. The molecule has 2 nitrogen and oxygen atoms in total. The van der Waals surface area contributed by atoms with E-state index in [1.165, 1.54) is 0 Å². The average Bonchev–Trinajstić information content (AvgIpc) is 2.14. The molecule has 1 unspecified atom stereocenters. The minimum Gasteiger partial charge on any atom is -0.310 e. The molecular weight excluding hydrogens is 184 g/mol. The largest absolute Gasteiger partial charge is 0.310 e. The van der Waals surface area contributed by atoms with Gasteiger partial charge in [0, 0.05) is 25.0 Å². The zero-order valence-corrected chi connectivity index (χ0v) is 8.80. The quantitative estimate of drug-likeness (QED) is 0.805. The van der Waals surface area contributed by atoms with E-state index < -0.39 is 0 Å². The summed E-state index contributed by atoms with van der Waals surface area (Å²) >= 11 is 5.80. The Bertz CT molecular complexity index is 263. The van der Waals surface area contributed by atoms with Crippen LogP contribution < -0.4 is 5.32 Å². The van der Waals surface area contributed by atoms with Crippen molar-refractivity contribution in [3.05, 3.63) is 29.0 Å². The van der Waals surface area contributed by atoms with Crippen LogP contribution in [0.5, 0.6) is 0 Å². The van der Waals surface area contributed by atoms with Gasteiger partial charge in [-0.1, -0.05) is 18.5 Å². The van der Waals surface area contributed by atoms with Gasteiger partial charge in [-0.2, -0.15) is 0 Å². The minimum atomic E-state index is 0.541. The maximum atomic E-state index is 5.80. The number of halogens is 1. The molecule has 72 valence electrons. The molecule has 0 spiro atoms. The van der Waals surface area contributed by atoms with E-state index in [0.29, 0.717) is 11.1 Å². The number of aromatic nitrogens is 1. The normalized spacial score (nSPS) is 12.8. The first-order chi connectivity index (χ1) is 6.22. The number of pyridine rings is 1. The standard InChI is InChI=1S/C10H15ClN2/c1-3-8(2)13-6-9-4-10(11)7-12-5-9/h4-5,7-8,13H,3,6H2,1-2H3.